The van der Waals surface area contributed by atoms with E-state index >= 15 is 0 Å². The van der Waals surface area contributed by atoms with Gasteiger partial charge in [0.15, 0.2) is 0 Å². The van der Waals surface area contributed by atoms with Gasteiger partial charge in [0.05, 0.1) is 41.0 Å². The molecule has 0 amide bonds. The summed E-state index contributed by atoms with van der Waals surface area (Å²) in [7, 11) is 0. The molecule has 0 aromatic carbocycles. The zero-order valence-corrected chi connectivity index (χ0v) is 21.0. The number of fused-ring (bicyclic) bond motifs is 1. The summed E-state index contributed by atoms with van der Waals surface area (Å²) in [6.07, 6.45) is 12.9. The van der Waals surface area contributed by atoms with Gasteiger partial charge in [-0.15, -0.1) is 10.2 Å². The third kappa shape index (κ3) is 5.55. The Labute approximate surface area is 214 Å². The van der Waals surface area contributed by atoms with Crippen LogP contribution in [0.3, 0.4) is 0 Å². The van der Waals surface area contributed by atoms with Crippen molar-refractivity contribution in [2.24, 2.45) is 0 Å². The van der Waals surface area contributed by atoms with Gasteiger partial charge in [0.1, 0.15) is 23.2 Å². The lowest BCUT2D eigenvalue weighted by Crippen LogP contribution is -2.25. The largest absolute Gasteiger partial charge is 0.491 e. The van der Waals surface area contributed by atoms with Gasteiger partial charge in [-0.3, -0.25) is 14.9 Å². The molecule has 5 heterocycles. The molecule has 0 spiro atoms. The number of nitrogens with zero attached hydrogens (tertiary/aromatic N) is 6. The fourth-order valence-corrected chi connectivity index (χ4v) is 5.83. The van der Waals surface area contributed by atoms with Crippen LogP contribution in [0.2, 0.25) is 0 Å². The molecule has 1 saturated heterocycles. The Morgan fingerprint density at radius 3 is 2.67 bits per heavy atom. The highest BCUT2D eigenvalue weighted by molar-refractivity contribution is 7.15. The zero-order valence-electron chi connectivity index (χ0n) is 20.2. The first-order valence-electron chi connectivity index (χ1n) is 12.7. The topological polar surface area (TPSA) is 101 Å². The first kappa shape index (κ1) is 23.1. The van der Waals surface area contributed by atoms with Crippen LogP contribution in [0.1, 0.15) is 49.5 Å². The SMILES string of the molecule is c1ncc(OCCN2CCCC2)cc1Nc1cnc2ccc(Nc3nnc(C4CCCC4)s3)nc2c1. The maximum atomic E-state index is 5.93. The minimum absolute atomic E-state index is 0.559. The molecule has 1 aliphatic carbocycles. The van der Waals surface area contributed by atoms with E-state index in [1.807, 2.05) is 24.3 Å². The molecule has 0 radical (unpaired) electrons. The van der Waals surface area contributed by atoms with E-state index in [0.717, 1.165) is 50.7 Å². The molecule has 2 N–H and O–H groups in total. The van der Waals surface area contributed by atoms with E-state index in [9.17, 15) is 0 Å². The van der Waals surface area contributed by atoms with Gasteiger partial charge in [0, 0.05) is 18.5 Å². The molecule has 4 aromatic rings. The molecular formula is C26H30N8OS. The van der Waals surface area contributed by atoms with Crippen molar-refractivity contribution in [1.82, 2.24) is 30.0 Å². The summed E-state index contributed by atoms with van der Waals surface area (Å²) in [6, 6.07) is 7.83. The summed E-state index contributed by atoms with van der Waals surface area (Å²) in [5.74, 6) is 2.04. The van der Waals surface area contributed by atoms with Crippen LogP contribution in [-0.2, 0) is 0 Å². The minimum atomic E-state index is 0.559. The predicted octanol–water partition coefficient (Wildman–Crippen LogP) is 5.50. The molecule has 6 rings (SSSR count). The lowest BCUT2D eigenvalue weighted by molar-refractivity contribution is 0.237. The second-order valence-electron chi connectivity index (χ2n) is 9.44. The third-order valence-corrected chi connectivity index (χ3v) is 7.80. The third-order valence-electron chi connectivity index (χ3n) is 6.79. The molecule has 2 fully saturated rings. The molecule has 36 heavy (non-hydrogen) atoms. The quantitative estimate of drug-likeness (QED) is 0.307. The van der Waals surface area contributed by atoms with E-state index in [2.05, 4.69) is 35.7 Å². The van der Waals surface area contributed by atoms with E-state index in [-0.39, 0.29) is 0 Å². The first-order chi connectivity index (χ1) is 17.8. The van der Waals surface area contributed by atoms with Gasteiger partial charge in [-0.1, -0.05) is 24.2 Å². The number of hydrogen-bond donors (Lipinski definition) is 2. The molecule has 9 nitrogen and oxygen atoms in total. The fourth-order valence-electron chi connectivity index (χ4n) is 4.91. The van der Waals surface area contributed by atoms with Crippen LogP contribution in [0.15, 0.2) is 42.9 Å². The normalized spacial score (nSPS) is 16.6. The molecule has 4 aromatic heterocycles. The van der Waals surface area contributed by atoms with Crippen LogP contribution in [-0.4, -0.2) is 56.3 Å². The zero-order chi connectivity index (χ0) is 24.2. The summed E-state index contributed by atoms with van der Waals surface area (Å²) in [4.78, 5) is 16.1. The second kappa shape index (κ2) is 10.7. The average Bonchev–Trinajstić information content (AvgIpc) is 3.67. The van der Waals surface area contributed by atoms with Gasteiger partial charge in [0.25, 0.3) is 0 Å². The van der Waals surface area contributed by atoms with Crippen molar-refractivity contribution < 1.29 is 4.74 Å². The van der Waals surface area contributed by atoms with E-state index < -0.39 is 0 Å². The van der Waals surface area contributed by atoms with E-state index in [1.165, 1.54) is 51.6 Å². The molecule has 1 saturated carbocycles. The number of anilines is 4. The molecule has 0 bridgehead atoms. The summed E-state index contributed by atoms with van der Waals surface area (Å²) < 4.78 is 5.93. The van der Waals surface area contributed by atoms with Gasteiger partial charge < -0.3 is 15.4 Å². The Morgan fingerprint density at radius 1 is 0.917 bits per heavy atom. The van der Waals surface area contributed by atoms with Gasteiger partial charge in [0.2, 0.25) is 5.13 Å². The fraction of sp³-hybridized carbons (Fsp3) is 0.423. The Kier molecular flexibility index (Phi) is 6.86. The van der Waals surface area contributed by atoms with Crippen molar-refractivity contribution in [3.8, 4) is 5.75 Å². The number of pyridine rings is 3. The number of likely N-dealkylation sites (tertiary alicyclic amines) is 1. The van der Waals surface area contributed by atoms with Crippen LogP contribution in [0.5, 0.6) is 5.75 Å². The Balaban J connectivity index is 1.11. The monoisotopic (exact) mass is 502 g/mol. The Morgan fingerprint density at radius 2 is 1.78 bits per heavy atom. The number of ether oxygens (including phenoxy) is 1. The highest BCUT2D eigenvalue weighted by atomic mass is 32.1. The number of rotatable bonds is 9. The molecule has 10 heteroatoms. The summed E-state index contributed by atoms with van der Waals surface area (Å²) >= 11 is 1.63. The van der Waals surface area contributed by atoms with Gasteiger partial charge in [-0.25, -0.2) is 4.98 Å². The molecule has 1 aliphatic heterocycles. The van der Waals surface area contributed by atoms with Crippen molar-refractivity contribution in [2.75, 3.05) is 36.9 Å². The Hall–Kier alpha value is -3.37. The molecule has 2 aliphatic rings. The van der Waals surface area contributed by atoms with E-state index in [0.29, 0.717) is 12.5 Å². The average molecular weight is 503 g/mol. The van der Waals surface area contributed by atoms with Crippen molar-refractivity contribution in [3.05, 3.63) is 47.9 Å². The number of aromatic nitrogens is 5. The number of nitrogens with one attached hydrogen (secondary N) is 2. The van der Waals surface area contributed by atoms with Crippen molar-refractivity contribution in [1.29, 1.82) is 0 Å². The van der Waals surface area contributed by atoms with E-state index in [4.69, 9.17) is 9.72 Å². The standard InChI is InChI=1S/C26H30N8OS/c1-2-6-18(5-1)25-32-33-26(36-25)31-24-8-7-22-23(30-24)14-20(16-28-22)29-19-13-21(17-27-15-19)35-12-11-34-9-3-4-10-34/h7-8,13-18,29H,1-6,9-12H2,(H,30,31,33). The summed E-state index contributed by atoms with van der Waals surface area (Å²) in [5, 5.41) is 17.3. The highest BCUT2D eigenvalue weighted by Crippen LogP contribution is 2.37. The van der Waals surface area contributed by atoms with Crippen molar-refractivity contribution >= 4 is 44.7 Å². The summed E-state index contributed by atoms with van der Waals surface area (Å²) in [6.45, 7) is 3.96. The van der Waals surface area contributed by atoms with Crippen LogP contribution in [0, 0.1) is 0 Å². The smallest absolute Gasteiger partial charge is 0.211 e. The Bertz CT molecular complexity index is 1320. The van der Waals surface area contributed by atoms with Gasteiger partial charge >= 0.3 is 0 Å². The highest BCUT2D eigenvalue weighted by Gasteiger charge is 2.21. The maximum absolute atomic E-state index is 5.93. The first-order valence-corrected chi connectivity index (χ1v) is 13.5. The maximum Gasteiger partial charge on any atom is 0.211 e. The van der Waals surface area contributed by atoms with Gasteiger partial charge in [-0.05, 0) is 57.0 Å². The molecule has 0 unspecified atom stereocenters. The van der Waals surface area contributed by atoms with E-state index in [1.54, 1.807) is 29.9 Å². The molecule has 0 atom stereocenters. The van der Waals surface area contributed by atoms with Gasteiger partial charge in [-0.2, -0.15) is 0 Å². The minimum Gasteiger partial charge on any atom is -0.491 e. The van der Waals surface area contributed by atoms with Crippen LogP contribution >= 0.6 is 11.3 Å². The molecule has 186 valence electrons. The predicted molar refractivity (Wildman–Crippen MR) is 143 cm³/mol. The second-order valence-corrected chi connectivity index (χ2v) is 10.5. The van der Waals surface area contributed by atoms with Crippen LogP contribution in [0.25, 0.3) is 11.0 Å². The lowest BCUT2D eigenvalue weighted by Gasteiger charge is -2.15. The van der Waals surface area contributed by atoms with Crippen LogP contribution in [0.4, 0.5) is 22.3 Å². The molecular weight excluding hydrogens is 472 g/mol. The summed E-state index contributed by atoms with van der Waals surface area (Å²) in [5.41, 5.74) is 3.30. The van der Waals surface area contributed by atoms with Crippen molar-refractivity contribution in [2.45, 2.75) is 44.4 Å². The van der Waals surface area contributed by atoms with Crippen LogP contribution < -0.4 is 15.4 Å². The van der Waals surface area contributed by atoms with Crippen molar-refractivity contribution in [3.63, 3.8) is 0 Å². The number of hydrogen-bond acceptors (Lipinski definition) is 10. The lowest BCUT2D eigenvalue weighted by atomic mass is 10.1.